The fourth-order valence-electron chi connectivity index (χ4n) is 2.85. The van der Waals surface area contributed by atoms with E-state index in [9.17, 15) is 23.3 Å². The number of nitrogens with one attached hydrogen (secondary N) is 1. The lowest BCUT2D eigenvalue weighted by molar-refractivity contribution is -0.112. The largest absolute Gasteiger partial charge is 0.490 e. The van der Waals surface area contributed by atoms with Gasteiger partial charge in [0.1, 0.15) is 11.6 Å². The number of anilines is 1. The van der Waals surface area contributed by atoms with Crippen LogP contribution in [0.5, 0.6) is 11.5 Å². The van der Waals surface area contributed by atoms with Crippen molar-refractivity contribution in [3.05, 3.63) is 63.7 Å². The summed E-state index contributed by atoms with van der Waals surface area (Å²) in [6, 6.07) is 11.5. The van der Waals surface area contributed by atoms with Crippen LogP contribution in [0, 0.1) is 18.3 Å². The number of hydrogen-bond acceptors (Lipinski definition) is 10. The number of carbonyl (C=O) groups excluding carboxylic acids is 2. The van der Waals surface area contributed by atoms with Crippen LogP contribution >= 0.6 is 22.9 Å². The second kappa shape index (κ2) is 11.3. The Hall–Kier alpha value is -3.79. The van der Waals surface area contributed by atoms with Crippen LogP contribution in [0.25, 0.3) is 6.08 Å². The molecule has 0 bridgehead atoms. The van der Waals surface area contributed by atoms with E-state index in [2.05, 4.69) is 15.5 Å². The minimum atomic E-state index is -3.59. The summed E-state index contributed by atoms with van der Waals surface area (Å²) in [5.41, 5.74) is 1.20. The average Bonchev–Trinajstić information content (AvgIpc) is 3.29. The number of ether oxygens (including phenoxy) is 2. The third kappa shape index (κ3) is 6.66. The maximum Gasteiger partial charge on any atom is 0.343 e. The number of halogens is 1. The molecule has 0 aliphatic rings. The summed E-state index contributed by atoms with van der Waals surface area (Å²) in [6.45, 7) is 3.79. The number of benzene rings is 2. The van der Waals surface area contributed by atoms with E-state index in [1.807, 2.05) is 13.0 Å². The Labute approximate surface area is 216 Å². The fourth-order valence-corrected chi connectivity index (χ4v) is 4.61. The van der Waals surface area contributed by atoms with E-state index < -0.39 is 21.7 Å². The molecule has 13 heteroatoms. The van der Waals surface area contributed by atoms with Crippen LogP contribution in [-0.4, -0.2) is 43.4 Å². The molecule has 0 fully saturated rings. The van der Waals surface area contributed by atoms with E-state index >= 15 is 0 Å². The molecule has 0 atom stereocenters. The smallest absolute Gasteiger partial charge is 0.343 e. The fraction of sp³-hybridized carbons (Fsp3) is 0.174. The lowest BCUT2D eigenvalue weighted by atomic mass is 10.1. The van der Waals surface area contributed by atoms with Crippen LogP contribution in [0.1, 0.15) is 28.4 Å². The normalized spacial score (nSPS) is 11.5. The van der Waals surface area contributed by atoms with Gasteiger partial charge in [-0.05, 0) is 49.8 Å². The monoisotopic (exact) mass is 546 g/mol. The first kappa shape index (κ1) is 26.8. The van der Waals surface area contributed by atoms with Gasteiger partial charge < -0.3 is 9.47 Å². The maximum absolute atomic E-state index is 12.6. The first-order valence-corrected chi connectivity index (χ1v) is 13.3. The molecule has 0 radical (unpaired) electrons. The summed E-state index contributed by atoms with van der Waals surface area (Å²) < 4.78 is 33.9. The van der Waals surface area contributed by atoms with Gasteiger partial charge in [-0.3, -0.25) is 10.1 Å². The molecule has 1 aromatic heterocycles. The van der Waals surface area contributed by atoms with E-state index in [1.165, 1.54) is 18.2 Å². The third-order valence-electron chi connectivity index (χ3n) is 4.40. The number of esters is 1. The SMILES string of the molecule is CCOc1cc(C=C(C#N)C(=O)Nc2nnc(S(C)(=O)=O)s2)cc(Cl)c1OC(=O)c1cccc(C)c1. The Kier molecular flexibility index (Phi) is 8.41. The number of nitriles is 1. The van der Waals surface area contributed by atoms with Crippen LogP contribution in [0.4, 0.5) is 5.13 Å². The van der Waals surface area contributed by atoms with Crippen molar-refractivity contribution < 1.29 is 27.5 Å². The highest BCUT2D eigenvalue weighted by Crippen LogP contribution is 2.38. The zero-order valence-electron chi connectivity index (χ0n) is 19.2. The first-order chi connectivity index (χ1) is 17.0. The van der Waals surface area contributed by atoms with Crippen molar-refractivity contribution >= 4 is 55.9 Å². The Bertz CT molecular complexity index is 1510. The second-order valence-corrected chi connectivity index (χ2v) is 10.9. The lowest BCUT2D eigenvalue weighted by Gasteiger charge is -2.13. The summed E-state index contributed by atoms with van der Waals surface area (Å²) >= 11 is 7.02. The van der Waals surface area contributed by atoms with Crippen molar-refractivity contribution in [2.75, 3.05) is 18.2 Å². The number of nitrogens with zero attached hydrogens (tertiary/aromatic N) is 3. The topological polar surface area (TPSA) is 148 Å². The van der Waals surface area contributed by atoms with Crippen molar-refractivity contribution in [2.24, 2.45) is 0 Å². The Morgan fingerprint density at radius 3 is 2.61 bits per heavy atom. The Morgan fingerprint density at radius 2 is 2.00 bits per heavy atom. The molecule has 3 aromatic rings. The standard InChI is InChI=1S/C23H19ClN4O6S2/c1-4-33-18-11-14(10-17(24)19(18)34-21(30)15-7-5-6-13(2)8-15)9-16(12-25)20(29)26-22-27-28-23(35-22)36(3,31)32/h5-11H,4H2,1-3H3,(H,26,27,29). The van der Waals surface area contributed by atoms with Gasteiger partial charge in [-0.1, -0.05) is 40.6 Å². The van der Waals surface area contributed by atoms with Crippen LogP contribution in [-0.2, 0) is 14.6 Å². The summed E-state index contributed by atoms with van der Waals surface area (Å²) in [5.74, 6) is -1.34. The molecule has 1 heterocycles. The van der Waals surface area contributed by atoms with Gasteiger partial charge in [0.05, 0.1) is 17.2 Å². The molecule has 1 N–H and O–H groups in total. The highest BCUT2D eigenvalue weighted by atomic mass is 35.5. The van der Waals surface area contributed by atoms with E-state index in [1.54, 1.807) is 31.2 Å². The minimum absolute atomic E-state index is 0.00713. The van der Waals surface area contributed by atoms with Crippen molar-refractivity contribution in [2.45, 2.75) is 18.2 Å². The lowest BCUT2D eigenvalue weighted by Crippen LogP contribution is -2.13. The van der Waals surface area contributed by atoms with Gasteiger partial charge in [0, 0.05) is 6.26 Å². The molecule has 0 spiro atoms. The summed E-state index contributed by atoms with van der Waals surface area (Å²) in [4.78, 5) is 25.2. The second-order valence-electron chi connectivity index (χ2n) is 7.29. The molecule has 0 saturated heterocycles. The molecule has 186 valence electrons. The molecule has 10 nitrogen and oxygen atoms in total. The number of sulfone groups is 1. The van der Waals surface area contributed by atoms with Crippen LogP contribution in [0.15, 0.2) is 46.3 Å². The number of aromatic nitrogens is 2. The van der Waals surface area contributed by atoms with E-state index in [0.717, 1.165) is 11.8 Å². The molecule has 0 unspecified atom stereocenters. The molecule has 0 saturated carbocycles. The van der Waals surface area contributed by atoms with Crippen molar-refractivity contribution in [3.8, 4) is 17.6 Å². The zero-order chi connectivity index (χ0) is 26.5. The molecule has 1 amide bonds. The summed E-state index contributed by atoms with van der Waals surface area (Å²) in [5, 5.41) is 18.9. The van der Waals surface area contributed by atoms with E-state index in [-0.39, 0.29) is 38.2 Å². The van der Waals surface area contributed by atoms with Gasteiger partial charge >= 0.3 is 5.97 Å². The highest BCUT2D eigenvalue weighted by molar-refractivity contribution is 7.92. The number of aryl methyl sites for hydroxylation is 1. The van der Waals surface area contributed by atoms with Crippen LogP contribution < -0.4 is 14.8 Å². The van der Waals surface area contributed by atoms with E-state index in [0.29, 0.717) is 22.5 Å². The first-order valence-electron chi connectivity index (χ1n) is 10.2. The van der Waals surface area contributed by atoms with Gasteiger partial charge in [-0.2, -0.15) is 5.26 Å². The van der Waals surface area contributed by atoms with Gasteiger partial charge in [0.15, 0.2) is 11.5 Å². The average molecular weight is 547 g/mol. The predicted molar refractivity (Wildman–Crippen MR) is 134 cm³/mol. The molecular formula is C23H19ClN4O6S2. The molecule has 36 heavy (non-hydrogen) atoms. The minimum Gasteiger partial charge on any atom is -0.490 e. The van der Waals surface area contributed by atoms with Gasteiger partial charge in [0.25, 0.3) is 5.91 Å². The number of rotatable bonds is 8. The van der Waals surface area contributed by atoms with E-state index in [4.69, 9.17) is 21.1 Å². The molecular weight excluding hydrogens is 528 g/mol. The number of carbonyl (C=O) groups is 2. The quantitative estimate of drug-likeness (QED) is 0.145. The maximum atomic E-state index is 12.6. The van der Waals surface area contributed by atoms with Gasteiger partial charge in [-0.15, -0.1) is 10.2 Å². The third-order valence-corrected chi connectivity index (χ3v) is 7.19. The molecule has 0 aliphatic heterocycles. The molecule has 0 aliphatic carbocycles. The highest BCUT2D eigenvalue weighted by Gasteiger charge is 2.20. The van der Waals surface area contributed by atoms with Gasteiger partial charge in [-0.25, -0.2) is 13.2 Å². The zero-order valence-corrected chi connectivity index (χ0v) is 21.6. The van der Waals surface area contributed by atoms with Crippen LogP contribution in [0.3, 0.4) is 0 Å². The van der Waals surface area contributed by atoms with Crippen molar-refractivity contribution in [1.82, 2.24) is 10.2 Å². The predicted octanol–water partition coefficient (Wildman–Crippen LogP) is 4.07. The van der Waals surface area contributed by atoms with Crippen molar-refractivity contribution in [3.63, 3.8) is 0 Å². The molecule has 2 aromatic carbocycles. The Balaban J connectivity index is 1.88. The molecule has 3 rings (SSSR count). The Morgan fingerprint density at radius 1 is 1.25 bits per heavy atom. The van der Waals surface area contributed by atoms with Crippen LogP contribution in [0.2, 0.25) is 5.02 Å². The summed E-state index contributed by atoms with van der Waals surface area (Å²) in [7, 11) is -3.59. The summed E-state index contributed by atoms with van der Waals surface area (Å²) in [6.07, 6.45) is 2.20. The van der Waals surface area contributed by atoms with Gasteiger partial charge in [0.2, 0.25) is 19.3 Å². The number of amides is 1. The van der Waals surface area contributed by atoms with Crippen molar-refractivity contribution in [1.29, 1.82) is 5.26 Å². The number of hydrogen-bond donors (Lipinski definition) is 1.